The largest absolute Gasteiger partial charge is 0.508 e. The number of likely N-dealkylation sites (N-methyl/N-ethyl adjacent to an activating group) is 1. The molecule has 1 aromatic rings. The van der Waals surface area contributed by atoms with Crippen LogP contribution in [0, 0.1) is 0 Å². The summed E-state index contributed by atoms with van der Waals surface area (Å²) in [5, 5.41) is 9.80. The summed E-state index contributed by atoms with van der Waals surface area (Å²) in [7, 11) is 2.11. The number of nitrogens with zero attached hydrogens (tertiary/aromatic N) is 2. The van der Waals surface area contributed by atoms with Gasteiger partial charge in [0.1, 0.15) is 5.75 Å². The number of aromatic hydroxyl groups is 1. The van der Waals surface area contributed by atoms with Crippen LogP contribution in [-0.4, -0.2) is 53.5 Å². The van der Waals surface area contributed by atoms with Crippen molar-refractivity contribution < 1.29 is 9.90 Å². The topological polar surface area (TPSA) is 43.8 Å². The van der Waals surface area contributed by atoms with Crippen LogP contribution in [0.1, 0.15) is 25.3 Å². The van der Waals surface area contributed by atoms with Crippen molar-refractivity contribution in [2.45, 2.75) is 32.2 Å². The monoisotopic (exact) mass is 276 g/mol. The van der Waals surface area contributed by atoms with Crippen molar-refractivity contribution >= 4 is 5.91 Å². The van der Waals surface area contributed by atoms with Crippen molar-refractivity contribution in [3.8, 4) is 5.75 Å². The molecule has 1 unspecified atom stereocenters. The minimum absolute atomic E-state index is 0.119. The van der Waals surface area contributed by atoms with Crippen molar-refractivity contribution in [2.24, 2.45) is 0 Å². The Labute approximate surface area is 121 Å². The number of phenolic OH excluding ortho intramolecular Hbond substituents is 1. The molecule has 110 valence electrons. The second-order valence-corrected chi connectivity index (χ2v) is 5.57. The molecule has 0 bridgehead atoms. The lowest BCUT2D eigenvalue weighted by atomic mass is 10.1. The first-order valence-corrected chi connectivity index (χ1v) is 7.36. The highest BCUT2D eigenvalue weighted by Crippen LogP contribution is 2.19. The molecule has 1 amide bonds. The molecule has 1 N–H and O–H groups in total. The predicted molar refractivity (Wildman–Crippen MR) is 79.7 cm³/mol. The summed E-state index contributed by atoms with van der Waals surface area (Å²) < 4.78 is 0. The Morgan fingerprint density at radius 3 is 2.80 bits per heavy atom. The molecule has 0 aliphatic carbocycles. The van der Waals surface area contributed by atoms with Gasteiger partial charge in [0, 0.05) is 24.7 Å². The second kappa shape index (κ2) is 6.75. The van der Waals surface area contributed by atoms with Crippen LogP contribution < -0.4 is 0 Å². The normalized spacial score (nSPS) is 20.7. The third-order valence-corrected chi connectivity index (χ3v) is 4.03. The highest BCUT2D eigenvalue weighted by molar-refractivity contribution is 5.79. The van der Waals surface area contributed by atoms with Gasteiger partial charge in [0.05, 0.1) is 6.42 Å². The van der Waals surface area contributed by atoms with Crippen LogP contribution in [0.5, 0.6) is 5.75 Å². The van der Waals surface area contributed by atoms with Gasteiger partial charge >= 0.3 is 0 Å². The maximum Gasteiger partial charge on any atom is 0.227 e. The summed E-state index contributed by atoms with van der Waals surface area (Å²) in [6.07, 6.45) is 2.27. The molecule has 1 aliphatic rings. The Morgan fingerprint density at radius 1 is 1.35 bits per heavy atom. The number of phenols is 1. The molecule has 4 nitrogen and oxygen atoms in total. The highest BCUT2D eigenvalue weighted by Gasteiger charge is 2.26. The Bertz CT molecular complexity index is 462. The van der Waals surface area contributed by atoms with Crippen molar-refractivity contribution in [3.63, 3.8) is 0 Å². The molecule has 1 atom stereocenters. The van der Waals surface area contributed by atoms with Crippen LogP contribution in [0.2, 0.25) is 0 Å². The fourth-order valence-corrected chi connectivity index (χ4v) is 2.85. The van der Waals surface area contributed by atoms with E-state index in [4.69, 9.17) is 0 Å². The van der Waals surface area contributed by atoms with Gasteiger partial charge in [-0.3, -0.25) is 4.79 Å². The molecule has 1 aliphatic heterocycles. The van der Waals surface area contributed by atoms with Crippen LogP contribution in [0.3, 0.4) is 0 Å². The lowest BCUT2D eigenvalue weighted by molar-refractivity contribution is -0.132. The summed E-state index contributed by atoms with van der Waals surface area (Å²) in [6.45, 7) is 4.92. The van der Waals surface area contributed by atoms with Crippen molar-refractivity contribution in [2.75, 3.05) is 26.7 Å². The van der Waals surface area contributed by atoms with Gasteiger partial charge in [-0.05, 0) is 32.5 Å². The maximum absolute atomic E-state index is 12.5. The number of hydrogen-bond donors (Lipinski definition) is 1. The molecule has 1 saturated heterocycles. The average Bonchev–Trinajstić information content (AvgIpc) is 2.62. The molecule has 1 aromatic carbocycles. The highest BCUT2D eigenvalue weighted by atomic mass is 16.3. The number of benzene rings is 1. The van der Waals surface area contributed by atoms with E-state index < -0.39 is 0 Å². The van der Waals surface area contributed by atoms with Gasteiger partial charge < -0.3 is 14.9 Å². The molecular formula is C16H24N2O2. The molecule has 2 rings (SSSR count). The Balaban J connectivity index is 2.08. The SMILES string of the molecule is CCC1CN(C)CCCN1C(=O)Cc1ccccc1O. The van der Waals surface area contributed by atoms with Gasteiger partial charge in [0.25, 0.3) is 0 Å². The van der Waals surface area contributed by atoms with E-state index in [9.17, 15) is 9.90 Å². The standard InChI is InChI=1S/C16H24N2O2/c1-3-14-12-17(2)9-6-10-18(14)16(20)11-13-7-4-5-8-15(13)19/h4-5,7-8,14,19H,3,6,9-12H2,1-2H3. The first kappa shape index (κ1) is 14.9. The zero-order valence-corrected chi connectivity index (χ0v) is 12.4. The van der Waals surface area contributed by atoms with Crippen LogP contribution in [0.25, 0.3) is 0 Å². The fourth-order valence-electron chi connectivity index (χ4n) is 2.85. The quantitative estimate of drug-likeness (QED) is 0.916. The van der Waals surface area contributed by atoms with Gasteiger partial charge in [-0.2, -0.15) is 0 Å². The first-order chi connectivity index (χ1) is 9.61. The van der Waals surface area contributed by atoms with E-state index in [0.717, 1.165) is 32.5 Å². The number of rotatable bonds is 3. The third kappa shape index (κ3) is 3.51. The zero-order chi connectivity index (χ0) is 14.5. The molecule has 1 heterocycles. The van der Waals surface area contributed by atoms with Crippen molar-refractivity contribution in [1.29, 1.82) is 0 Å². The molecule has 0 aromatic heterocycles. The minimum atomic E-state index is 0.119. The van der Waals surface area contributed by atoms with Gasteiger partial charge in [0.2, 0.25) is 5.91 Å². The van der Waals surface area contributed by atoms with Gasteiger partial charge in [-0.15, -0.1) is 0 Å². The predicted octanol–water partition coefficient (Wildman–Crippen LogP) is 1.88. The van der Waals surface area contributed by atoms with E-state index >= 15 is 0 Å². The minimum Gasteiger partial charge on any atom is -0.508 e. The summed E-state index contributed by atoms with van der Waals surface area (Å²) in [5.74, 6) is 0.328. The van der Waals surface area contributed by atoms with Gasteiger partial charge in [0.15, 0.2) is 0 Å². The van der Waals surface area contributed by atoms with Crippen LogP contribution in [0.4, 0.5) is 0 Å². The molecular weight excluding hydrogens is 252 g/mol. The number of amides is 1. The van der Waals surface area contributed by atoms with E-state index in [0.29, 0.717) is 5.56 Å². The van der Waals surface area contributed by atoms with E-state index in [-0.39, 0.29) is 24.1 Å². The Morgan fingerprint density at radius 2 is 2.10 bits per heavy atom. The smallest absolute Gasteiger partial charge is 0.227 e. The van der Waals surface area contributed by atoms with E-state index in [1.54, 1.807) is 12.1 Å². The first-order valence-electron chi connectivity index (χ1n) is 7.36. The van der Waals surface area contributed by atoms with Crippen molar-refractivity contribution in [1.82, 2.24) is 9.80 Å². The van der Waals surface area contributed by atoms with Crippen LogP contribution in [-0.2, 0) is 11.2 Å². The number of para-hydroxylation sites is 1. The van der Waals surface area contributed by atoms with Crippen LogP contribution in [0.15, 0.2) is 24.3 Å². The van der Waals surface area contributed by atoms with Crippen molar-refractivity contribution in [3.05, 3.63) is 29.8 Å². The average molecular weight is 276 g/mol. The fraction of sp³-hybridized carbons (Fsp3) is 0.562. The summed E-state index contributed by atoms with van der Waals surface area (Å²) in [4.78, 5) is 16.8. The van der Waals surface area contributed by atoms with E-state index in [1.807, 2.05) is 17.0 Å². The maximum atomic E-state index is 12.5. The third-order valence-electron chi connectivity index (χ3n) is 4.03. The summed E-state index contributed by atoms with van der Waals surface area (Å²) in [5.41, 5.74) is 0.713. The molecule has 20 heavy (non-hydrogen) atoms. The van der Waals surface area contributed by atoms with Gasteiger partial charge in [-0.25, -0.2) is 0 Å². The second-order valence-electron chi connectivity index (χ2n) is 5.57. The molecule has 0 radical (unpaired) electrons. The number of carbonyl (C=O) groups excluding carboxylic acids is 1. The lowest BCUT2D eigenvalue weighted by Gasteiger charge is -2.30. The molecule has 1 fully saturated rings. The Kier molecular flexibility index (Phi) is 5.01. The molecule has 0 saturated carbocycles. The summed E-state index contributed by atoms with van der Waals surface area (Å²) in [6, 6.07) is 7.37. The zero-order valence-electron chi connectivity index (χ0n) is 12.4. The lowest BCUT2D eigenvalue weighted by Crippen LogP contribution is -2.44. The van der Waals surface area contributed by atoms with Gasteiger partial charge in [-0.1, -0.05) is 25.1 Å². The van der Waals surface area contributed by atoms with E-state index in [1.165, 1.54) is 0 Å². The number of hydrogen-bond acceptors (Lipinski definition) is 3. The number of carbonyl (C=O) groups is 1. The Hall–Kier alpha value is -1.55. The van der Waals surface area contributed by atoms with Crippen LogP contribution >= 0.6 is 0 Å². The molecule has 4 heteroatoms. The summed E-state index contributed by atoms with van der Waals surface area (Å²) >= 11 is 0. The molecule has 0 spiro atoms. The van der Waals surface area contributed by atoms with E-state index in [2.05, 4.69) is 18.9 Å².